The number of nitrogens with one attached hydrogen (secondary N) is 1. The van der Waals surface area contributed by atoms with Gasteiger partial charge >= 0.3 is 0 Å². The van der Waals surface area contributed by atoms with Crippen LogP contribution in [0.15, 0.2) is 34.5 Å². The molecule has 1 saturated heterocycles. The Hall–Kier alpha value is -1.42. The smallest absolute Gasteiger partial charge is 0.251 e. The van der Waals surface area contributed by atoms with E-state index >= 15 is 0 Å². The van der Waals surface area contributed by atoms with E-state index in [1.165, 1.54) is 0 Å². The number of carbonyl (C=O) groups is 1. The molecule has 0 bridgehead atoms. The van der Waals surface area contributed by atoms with Gasteiger partial charge in [0.05, 0.1) is 16.5 Å². The highest BCUT2D eigenvalue weighted by Gasteiger charge is 2.28. The maximum absolute atomic E-state index is 12.5. The van der Waals surface area contributed by atoms with Crippen molar-refractivity contribution in [1.29, 1.82) is 0 Å². The molecule has 29 heavy (non-hydrogen) atoms. The molecule has 1 aliphatic rings. The molecule has 6 nitrogen and oxygen atoms in total. The predicted molar refractivity (Wildman–Crippen MR) is 119 cm³/mol. The number of rotatable bonds is 8. The summed E-state index contributed by atoms with van der Waals surface area (Å²) in [6.07, 6.45) is 1.92. The molecule has 1 aromatic heterocycles. The minimum atomic E-state index is -3.15. The van der Waals surface area contributed by atoms with E-state index in [-0.39, 0.29) is 17.7 Å². The number of nitrogens with zero attached hydrogens (tertiary/aromatic N) is 2. The Morgan fingerprint density at radius 1 is 1.28 bits per heavy atom. The number of amides is 1. The van der Waals surface area contributed by atoms with Crippen LogP contribution in [0.25, 0.3) is 0 Å². The van der Waals surface area contributed by atoms with Crippen molar-refractivity contribution in [1.82, 2.24) is 14.6 Å². The first-order chi connectivity index (χ1) is 13.9. The van der Waals surface area contributed by atoms with Gasteiger partial charge in [0.1, 0.15) is 0 Å². The summed E-state index contributed by atoms with van der Waals surface area (Å²) in [5.41, 5.74) is 1.70. The second kappa shape index (κ2) is 10.1. The standard InChI is InChI=1S/C20H27N3O3S3/c1-3-12-29(25,26)23-10-8-17(9-11-23)22-20(24)16-4-6-19(7-5-16)28-14-18-13-27-15(2)21-18/h4-7,13,17H,3,8-12,14H2,1-2H3,(H,22,24). The molecule has 0 aliphatic carbocycles. The van der Waals surface area contributed by atoms with Gasteiger partial charge in [0.2, 0.25) is 10.0 Å². The third kappa shape index (κ3) is 6.28. The lowest BCUT2D eigenvalue weighted by Crippen LogP contribution is -2.47. The molecular formula is C20H27N3O3S3. The van der Waals surface area contributed by atoms with Crippen molar-refractivity contribution in [2.75, 3.05) is 18.8 Å². The fourth-order valence-corrected chi connectivity index (χ4v) is 6.32. The summed E-state index contributed by atoms with van der Waals surface area (Å²) in [6.45, 7) is 4.81. The van der Waals surface area contributed by atoms with Crippen LogP contribution in [0.1, 0.15) is 47.2 Å². The van der Waals surface area contributed by atoms with E-state index in [1.54, 1.807) is 27.4 Å². The van der Waals surface area contributed by atoms with Crippen molar-refractivity contribution >= 4 is 39.0 Å². The summed E-state index contributed by atoms with van der Waals surface area (Å²) in [5.74, 6) is 0.901. The van der Waals surface area contributed by atoms with Gasteiger partial charge in [-0.3, -0.25) is 4.79 Å². The molecule has 1 fully saturated rings. The number of piperidine rings is 1. The highest BCUT2D eigenvalue weighted by atomic mass is 32.2. The molecule has 1 N–H and O–H groups in total. The van der Waals surface area contributed by atoms with Gasteiger partial charge in [0.25, 0.3) is 5.91 Å². The summed E-state index contributed by atoms with van der Waals surface area (Å²) in [6, 6.07) is 7.60. The SMILES string of the molecule is CCCS(=O)(=O)N1CCC(NC(=O)c2ccc(SCc3csc(C)n3)cc2)CC1. The number of hydrogen-bond donors (Lipinski definition) is 1. The number of carbonyl (C=O) groups excluding carboxylic acids is 1. The lowest BCUT2D eigenvalue weighted by molar-refractivity contribution is 0.0924. The second-order valence-electron chi connectivity index (χ2n) is 7.13. The summed E-state index contributed by atoms with van der Waals surface area (Å²) in [7, 11) is -3.15. The van der Waals surface area contributed by atoms with Crippen LogP contribution in [0.2, 0.25) is 0 Å². The van der Waals surface area contributed by atoms with Gasteiger partial charge in [0.15, 0.2) is 0 Å². The summed E-state index contributed by atoms with van der Waals surface area (Å²) in [4.78, 5) is 18.1. The molecule has 0 unspecified atom stereocenters. The quantitative estimate of drug-likeness (QED) is 0.617. The van der Waals surface area contributed by atoms with Gasteiger partial charge in [0, 0.05) is 40.7 Å². The molecule has 1 amide bonds. The second-order valence-corrected chi connectivity index (χ2v) is 11.3. The van der Waals surface area contributed by atoms with E-state index in [2.05, 4.69) is 15.7 Å². The highest BCUT2D eigenvalue weighted by molar-refractivity contribution is 7.98. The van der Waals surface area contributed by atoms with Crippen LogP contribution in [-0.2, 0) is 15.8 Å². The first kappa shape index (κ1) is 22.3. The zero-order valence-electron chi connectivity index (χ0n) is 16.8. The molecule has 0 radical (unpaired) electrons. The number of benzene rings is 1. The Bertz CT molecular complexity index is 918. The van der Waals surface area contributed by atoms with Crippen molar-refractivity contribution in [2.24, 2.45) is 0 Å². The number of hydrogen-bond acceptors (Lipinski definition) is 6. The van der Waals surface area contributed by atoms with Crippen LogP contribution in [0.5, 0.6) is 0 Å². The number of aryl methyl sites for hydroxylation is 1. The Kier molecular flexibility index (Phi) is 7.72. The number of thiazole rings is 1. The number of thioether (sulfide) groups is 1. The summed E-state index contributed by atoms with van der Waals surface area (Å²) < 4.78 is 25.8. The molecule has 2 heterocycles. The molecule has 0 spiro atoms. The highest BCUT2D eigenvalue weighted by Crippen LogP contribution is 2.24. The average molecular weight is 454 g/mol. The van der Waals surface area contributed by atoms with Crippen molar-refractivity contribution in [3.05, 3.63) is 45.9 Å². The van der Waals surface area contributed by atoms with E-state index in [4.69, 9.17) is 0 Å². The Labute approximate surface area is 181 Å². The first-order valence-electron chi connectivity index (χ1n) is 9.80. The van der Waals surface area contributed by atoms with Crippen LogP contribution >= 0.6 is 23.1 Å². The van der Waals surface area contributed by atoms with Gasteiger partial charge in [-0.05, 0) is 50.5 Å². The zero-order valence-corrected chi connectivity index (χ0v) is 19.2. The molecule has 2 aromatic rings. The van der Waals surface area contributed by atoms with Crippen molar-refractivity contribution in [2.45, 2.75) is 49.8 Å². The zero-order chi connectivity index (χ0) is 20.9. The van der Waals surface area contributed by atoms with Gasteiger partial charge < -0.3 is 5.32 Å². The Morgan fingerprint density at radius 2 is 1.97 bits per heavy atom. The molecule has 0 saturated carbocycles. The molecular weight excluding hydrogens is 426 g/mol. The van der Waals surface area contributed by atoms with Crippen LogP contribution < -0.4 is 5.32 Å². The van der Waals surface area contributed by atoms with Crippen LogP contribution in [0.3, 0.4) is 0 Å². The largest absolute Gasteiger partial charge is 0.349 e. The molecule has 3 rings (SSSR count). The molecule has 158 valence electrons. The Balaban J connectivity index is 1.47. The first-order valence-corrected chi connectivity index (χ1v) is 13.3. The third-order valence-corrected chi connectivity index (χ3v) is 8.76. The lowest BCUT2D eigenvalue weighted by Gasteiger charge is -2.31. The Morgan fingerprint density at radius 3 is 2.55 bits per heavy atom. The predicted octanol–water partition coefficient (Wildman–Crippen LogP) is 3.68. The number of aromatic nitrogens is 1. The lowest BCUT2D eigenvalue weighted by atomic mass is 10.1. The fraction of sp³-hybridized carbons (Fsp3) is 0.500. The van der Waals surface area contributed by atoms with Crippen molar-refractivity contribution in [3.8, 4) is 0 Å². The van der Waals surface area contributed by atoms with E-state index in [0.29, 0.717) is 37.9 Å². The van der Waals surface area contributed by atoms with Gasteiger partial charge in [-0.15, -0.1) is 23.1 Å². The summed E-state index contributed by atoms with van der Waals surface area (Å²) >= 11 is 3.35. The van der Waals surface area contributed by atoms with Gasteiger partial charge in [-0.25, -0.2) is 17.7 Å². The topological polar surface area (TPSA) is 79.4 Å². The van der Waals surface area contributed by atoms with Crippen molar-refractivity contribution < 1.29 is 13.2 Å². The van der Waals surface area contributed by atoms with Crippen LogP contribution in [-0.4, -0.2) is 48.5 Å². The maximum atomic E-state index is 12.5. The number of sulfonamides is 1. The summed E-state index contributed by atoms with van der Waals surface area (Å²) in [5, 5.41) is 6.19. The van der Waals surface area contributed by atoms with Crippen LogP contribution in [0.4, 0.5) is 0 Å². The minimum absolute atomic E-state index is 0.0116. The molecule has 1 aromatic carbocycles. The van der Waals surface area contributed by atoms with Gasteiger partial charge in [-0.2, -0.15) is 0 Å². The van der Waals surface area contributed by atoms with E-state index in [9.17, 15) is 13.2 Å². The van der Waals surface area contributed by atoms with Gasteiger partial charge in [-0.1, -0.05) is 6.92 Å². The minimum Gasteiger partial charge on any atom is -0.349 e. The fourth-order valence-electron chi connectivity index (χ4n) is 3.27. The van der Waals surface area contributed by atoms with E-state index in [0.717, 1.165) is 21.3 Å². The monoisotopic (exact) mass is 453 g/mol. The normalized spacial score (nSPS) is 16.1. The average Bonchev–Trinajstić information content (AvgIpc) is 3.12. The van der Waals surface area contributed by atoms with E-state index in [1.807, 2.05) is 38.1 Å². The van der Waals surface area contributed by atoms with Crippen LogP contribution in [0, 0.1) is 6.92 Å². The maximum Gasteiger partial charge on any atom is 0.251 e. The van der Waals surface area contributed by atoms with Crippen molar-refractivity contribution in [3.63, 3.8) is 0 Å². The molecule has 1 aliphatic heterocycles. The third-order valence-electron chi connectivity index (χ3n) is 4.81. The van der Waals surface area contributed by atoms with E-state index < -0.39 is 10.0 Å². The molecule has 0 atom stereocenters. The molecule has 9 heteroatoms.